The van der Waals surface area contributed by atoms with Crippen molar-refractivity contribution in [3.05, 3.63) is 84.4 Å². The van der Waals surface area contributed by atoms with Crippen molar-refractivity contribution in [2.75, 3.05) is 18.2 Å². The summed E-state index contributed by atoms with van der Waals surface area (Å²) in [5.41, 5.74) is 0.635. The van der Waals surface area contributed by atoms with Gasteiger partial charge in [0, 0.05) is 11.9 Å². The first-order valence-electron chi connectivity index (χ1n) is 8.91. The molecular formula is C22H19NO6S. The summed E-state index contributed by atoms with van der Waals surface area (Å²) in [7, 11) is -3.32. The van der Waals surface area contributed by atoms with Gasteiger partial charge in [0.15, 0.2) is 16.4 Å². The Morgan fingerprint density at radius 1 is 0.867 bits per heavy atom. The fourth-order valence-electron chi connectivity index (χ4n) is 2.51. The van der Waals surface area contributed by atoms with Crippen molar-refractivity contribution < 1.29 is 27.5 Å². The van der Waals surface area contributed by atoms with Crippen LogP contribution in [0.5, 0.6) is 11.5 Å². The maximum Gasteiger partial charge on any atom is 0.338 e. The molecule has 1 amide bonds. The Morgan fingerprint density at radius 2 is 1.53 bits per heavy atom. The second-order valence-electron chi connectivity index (χ2n) is 6.36. The van der Waals surface area contributed by atoms with Gasteiger partial charge in [0.1, 0.15) is 11.5 Å². The van der Waals surface area contributed by atoms with Gasteiger partial charge in [-0.2, -0.15) is 0 Å². The third-order valence-corrected chi connectivity index (χ3v) is 5.08. The molecule has 3 aromatic carbocycles. The van der Waals surface area contributed by atoms with E-state index in [0.29, 0.717) is 17.2 Å². The van der Waals surface area contributed by atoms with Crippen molar-refractivity contribution in [1.29, 1.82) is 0 Å². The number of para-hydroxylation sites is 1. The number of hydrogen-bond acceptors (Lipinski definition) is 6. The number of amides is 1. The molecule has 0 spiro atoms. The van der Waals surface area contributed by atoms with Crippen LogP contribution < -0.4 is 10.1 Å². The van der Waals surface area contributed by atoms with Crippen LogP contribution in [0.2, 0.25) is 0 Å². The maximum absolute atomic E-state index is 12.2. The zero-order chi connectivity index (χ0) is 21.6. The zero-order valence-corrected chi connectivity index (χ0v) is 16.9. The number of rotatable bonds is 7. The number of benzene rings is 3. The second kappa shape index (κ2) is 9.23. The molecule has 8 heteroatoms. The number of hydrogen-bond donors (Lipinski definition) is 1. The van der Waals surface area contributed by atoms with Gasteiger partial charge in [0.25, 0.3) is 5.91 Å². The molecule has 0 heterocycles. The number of ether oxygens (including phenoxy) is 2. The largest absolute Gasteiger partial charge is 0.457 e. The Hall–Kier alpha value is -3.65. The maximum atomic E-state index is 12.2. The summed E-state index contributed by atoms with van der Waals surface area (Å²) in [5.74, 6) is -0.126. The summed E-state index contributed by atoms with van der Waals surface area (Å²) >= 11 is 0. The monoisotopic (exact) mass is 425 g/mol. The van der Waals surface area contributed by atoms with Gasteiger partial charge in [0.2, 0.25) is 0 Å². The predicted molar refractivity (Wildman–Crippen MR) is 111 cm³/mol. The van der Waals surface area contributed by atoms with Crippen molar-refractivity contribution in [2.24, 2.45) is 0 Å². The highest BCUT2D eigenvalue weighted by Crippen LogP contribution is 2.22. The van der Waals surface area contributed by atoms with Crippen molar-refractivity contribution in [1.82, 2.24) is 0 Å². The van der Waals surface area contributed by atoms with Crippen molar-refractivity contribution in [3.8, 4) is 11.5 Å². The van der Waals surface area contributed by atoms with Crippen LogP contribution in [0, 0.1) is 0 Å². The molecule has 1 N–H and O–H groups in total. The van der Waals surface area contributed by atoms with E-state index < -0.39 is 28.3 Å². The molecule has 0 unspecified atom stereocenters. The molecule has 0 aliphatic heterocycles. The van der Waals surface area contributed by atoms with Crippen LogP contribution in [0.1, 0.15) is 10.4 Å². The number of sulfone groups is 1. The van der Waals surface area contributed by atoms with Gasteiger partial charge in [-0.25, -0.2) is 13.2 Å². The lowest BCUT2D eigenvalue weighted by Gasteiger charge is -2.09. The quantitative estimate of drug-likeness (QED) is 0.580. The van der Waals surface area contributed by atoms with E-state index in [2.05, 4.69) is 5.32 Å². The molecule has 0 saturated carbocycles. The molecule has 154 valence electrons. The number of carbonyl (C=O) groups is 2. The van der Waals surface area contributed by atoms with E-state index in [4.69, 9.17) is 9.47 Å². The fourth-order valence-corrected chi connectivity index (χ4v) is 3.14. The first kappa shape index (κ1) is 21.1. The first-order valence-corrected chi connectivity index (χ1v) is 10.8. The van der Waals surface area contributed by atoms with Gasteiger partial charge in [0.05, 0.1) is 10.5 Å². The van der Waals surface area contributed by atoms with Crippen molar-refractivity contribution >= 4 is 27.4 Å². The van der Waals surface area contributed by atoms with Crippen LogP contribution in [0.15, 0.2) is 83.8 Å². The summed E-state index contributed by atoms with van der Waals surface area (Å²) < 4.78 is 33.6. The summed E-state index contributed by atoms with van der Waals surface area (Å²) in [6.45, 7) is -0.490. The number of nitrogens with one attached hydrogen (secondary N) is 1. The normalized spacial score (nSPS) is 10.8. The van der Waals surface area contributed by atoms with E-state index in [9.17, 15) is 18.0 Å². The van der Waals surface area contributed by atoms with E-state index in [0.717, 1.165) is 6.26 Å². The molecule has 0 radical (unpaired) electrons. The van der Waals surface area contributed by atoms with Gasteiger partial charge in [-0.05, 0) is 54.6 Å². The van der Waals surface area contributed by atoms with Crippen LogP contribution >= 0.6 is 0 Å². The van der Waals surface area contributed by atoms with Gasteiger partial charge < -0.3 is 14.8 Å². The fraction of sp³-hybridized carbons (Fsp3) is 0.0909. The Bertz CT molecular complexity index is 1140. The number of esters is 1. The standard InChI is InChI=1S/C22H19NO6S/c1-30(26,27)20-12-10-17(11-13-20)23-21(24)15-28-22(25)16-6-5-9-19(14-16)29-18-7-3-2-4-8-18/h2-14H,15H2,1H3,(H,23,24). The van der Waals surface area contributed by atoms with E-state index in [1.54, 1.807) is 30.3 Å². The van der Waals surface area contributed by atoms with E-state index in [1.807, 2.05) is 18.2 Å². The van der Waals surface area contributed by atoms with E-state index in [-0.39, 0.29) is 10.5 Å². The van der Waals surface area contributed by atoms with Crippen LogP contribution in [-0.4, -0.2) is 33.2 Å². The van der Waals surface area contributed by atoms with Gasteiger partial charge in [-0.3, -0.25) is 4.79 Å². The molecule has 3 rings (SSSR count). The lowest BCUT2D eigenvalue weighted by atomic mass is 10.2. The average Bonchev–Trinajstić information content (AvgIpc) is 2.73. The van der Waals surface area contributed by atoms with Crippen molar-refractivity contribution in [2.45, 2.75) is 4.90 Å². The number of carbonyl (C=O) groups excluding carboxylic acids is 2. The molecule has 0 aliphatic rings. The minimum atomic E-state index is -3.32. The smallest absolute Gasteiger partial charge is 0.338 e. The second-order valence-corrected chi connectivity index (χ2v) is 8.38. The highest BCUT2D eigenvalue weighted by atomic mass is 32.2. The van der Waals surface area contributed by atoms with Gasteiger partial charge in [-0.1, -0.05) is 24.3 Å². The Kier molecular flexibility index (Phi) is 6.48. The van der Waals surface area contributed by atoms with Crippen LogP contribution in [-0.2, 0) is 19.4 Å². The average molecular weight is 425 g/mol. The zero-order valence-electron chi connectivity index (χ0n) is 16.1. The summed E-state index contributed by atoms with van der Waals surface area (Å²) in [6.07, 6.45) is 1.10. The molecule has 0 aliphatic carbocycles. The van der Waals surface area contributed by atoms with E-state index in [1.165, 1.54) is 30.3 Å². The lowest BCUT2D eigenvalue weighted by molar-refractivity contribution is -0.119. The van der Waals surface area contributed by atoms with Crippen LogP contribution in [0.4, 0.5) is 5.69 Å². The van der Waals surface area contributed by atoms with Crippen LogP contribution in [0.3, 0.4) is 0 Å². The molecule has 3 aromatic rings. The predicted octanol–water partition coefficient (Wildman–Crippen LogP) is 3.68. The third kappa shape index (κ3) is 5.92. The topological polar surface area (TPSA) is 98.8 Å². The molecule has 7 nitrogen and oxygen atoms in total. The minimum absolute atomic E-state index is 0.143. The summed E-state index contributed by atoms with van der Waals surface area (Å²) in [4.78, 5) is 24.4. The first-order chi connectivity index (χ1) is 14.3. The molecule has 0 bridgehead atoms. The van der Waals surface area contributed by atoms with Crippen LogP contribution in [0.25, 0.3) is 0 Å². The Balaban J connectivity index is 1.55. The lowest BCUT2D eigenvalue weighted by Crippen LogP contribution is -2.21. The molecular weight excluding hydrogens is 406 g/mol. The molecule has 30 heavy (non-hydrogen) atoms. The molecule has 0 saturated heterocycles. The molecule has 0 fully saturated rings. The van der Waals surface area contributed by atoms with Crippen molar-refractivity contribution in [3.63, 3.8) is 0 Å². The Labute approximate surface area is 174 Å². The van der Waals surface area contributed by atoms with E-state index >= 15 is 0 Å². The molecule has 0 atom stereocenters. The minimum Gasteiger partial charge on any atom is -0.457 e. The highest BCUT2D eigenvalue weighted by Gasteiger charge is 2.12. The highest BCUT2D eigenvalue weighted by molar-refractivity contribution is 7.90. The SMILES string of the molecule is CS(=O)(=O)c1ccc(NC(=O)COC(=O)c2cccc(Oc3ccccc3)c2)cc1. The third-order valence-electron chi connectivity index (χ3n) is 3.95. The Morgan fingerprint density at radius 3 is 2.20 bits per heavy atom. The molecule has 0 aromatic heterocycles. The summed E-state index contributed by atoms with van der Waals surface area (Å²) in [6, 6.07) is 21.2. The van der Waals surface area contributed by atoms with Gasteiger partial charge in [-0.15, -0.1) is 0 Å². The number of anilines is 1. The van der Waals surface area contributed by atoms with Gasteiger partial charge >= 0.3 is 5.97 Å². The summed E-state index contributed by atoms with van der Waals surface area (Å²) in [5, 5.41) is 2.54.